The maximum absolute atomic E-state index is 6.41. The fourth-order valence-corrected chi connectivity index (χ4v) is 4.69. The molecule has 2 atom stereocenters. The van der Waals surface area contributed by atoms with Gasteiger partial charge in [0.15, 0.2) is 0 Å². The zero-order valence-electron chi connectivity index (χ0n) is 13.5. The standard InChI is InChI=1S/C19H30N2/c1-2-17-11-4-3-7-14-21(17)19(15-20)13-8-10-16-9-5-6-12-18(16)19/h5-6,9,12,17H,2-4,7-8,10-11,13-15,20H2,1H3. The number of aryl methyl sites for hydroxylation is 1. The largest absolute Gasteiger partial charge is 0.328 e. The summed E-state index contributed by atoms with van der Waals surface area (Å²) in [6.07, 6.45) is 10.4. The minimum absolute atomic E-state index is 0.0971. The SMILES string of the molecule is CCC1CCCCCN1C1(CN)CCCc2ccccc21. The molecule has 2 nitrogen and oxygen atoms in total. The number of fused-ring (bicyclic) bond motifs is 1. The van der Waals surface area contributed by atoms with Crippen LogP contribution in [0.25, 0.3) is 0 Å². The lowest BCUT2D eigenvalue weighted by Crippen LogP contribution is -2.56. The average Bonchev–Trinajstić information content (AvgIpc) is 2.80. The van der Waals surface area contributed by atoms with Crippen molar-refractivity contribution in [3.8, 4) is 0 Å². The molecule has 2 heteroatoms. The van der Waals surface area contributed by atoms with Crippen LogP contribution in [0.2, 0.25) is 0 Å². The van der Waals surface area contributed by atoms with Crippen LogP contribution in [0.15, 0.2) is 24.3 Å². The van der Waals surface area contributed by atoms with E-state index in [4.69, 9.17) is 5.73 Å². The molecule has 0 spiro atoms. The maximum atomic E-state index is 6.41. The van der Waals surface area contributed by atoms with Gasteiger partial charge in [-0.15, -0.1) is 0 Å². The molecule has 0 radical (unpaired) electrons. The summed E-state index contributed by atoms with van der Waals surface area (Å²) in [6, 6.07) is 9.76. The van der Waals surface area contributed by atoms with E-state index >= 15 is 0 Å². The van der Waals surface area contributed by atoms with Gasteiger partial charge in [-0.1, -0.05) is 44.0 Å². The summed E-state index contributed by atoms with van der Waals surface area (Å²) in [5.41, 5.74) is 9.57. The van der Waals surface area contributed by atoms with Crippen LogP contribution < -0.4 is 5.73 Å². The van der Waals surface area contributed by atoms with E-state index in [1.807, 2.05) is 0 Å². The zero-order valence-corrected chi connectivity index (χ0v) is 13.5. The predicted molar refractivity (Wildman–Crippen MR) is 89.4 cm³/mol. The summed E-state index contributed by atoms with van der Waals surface area (Å²) in [5, 5.41) is 0. The van der Waals surface area contributed by atoms with Crippen LogP contribution in [0.4, 0.5) is 0 Å². The Morgan fingerprint density at radius 3 is 2.86 bits per heavy atom. The van der Waals surface area contributed by atoms with Gasteiger partial charge in [0.2, 0.25) is 0 Å². The van der Waals surface area contributed by atoms with Gasteiger partial charge in [-0.05, 0) is 56.2 Å². The van der Waals surface area contributed by atoms with E-state index in [-0.39, 0.29) is 5.54 Å². The smallest absolute Gasteiger partial charge is 0.0588 e. The van der Waals surface area contributed by atoms with Gasteiger partial charge >= 0.3 is 0 Å². The molecule has 0 bridgehead atoms. The maximum Gasteiger partial charge on any atom is 0.0588 e. The van der Waals surface area contributed by atoms with E-state index < -0.39 is 0 Å². The summed E-state index contributed by atoms with van der Waals surface area (Å²) < 4.78 is 0. The second-order valence-electron chi connectivity index (χ2n) is 6.85. The molecule has 0 aromatic heterocycles. The van der Waals surface area contributed by atoms with Crippen molar-refractivity contribution in [3.63, 3.8) is 0 Å². The fraction of sp³-hybridized carbons (Fsp3) is 0.684. The second-order valence-corrected chi connectivity index (χ2v) is 6.85. The van der Waals surface area contributed by atoms with Crippen molar-refractivity contribution < 1.29 is 0 Å². The van der Waals surface area contributed by atoms with Crippen LogP contribution in [0.1, 0.15) is 63.0 Å². The van der Waals surface area contributed by atoms with Crippen LogP contribution in [0, 0.1) is 0 Å². The molecule has 1 aliphatic carbocycles. The fourth-order valence-electron chi connectivity index (χ4n) is 4.69. The minimum Gasteiger partial charge on any atom is -0.328 e. The summed E-state index contributed by atoms with van der Waals surface area (Å²) in [6.45, 7) is 4.34. The van der Waals surface area contributed by atoms with Gasteiger partial charge < -0.3 is 5.73 Å². The third-order valence-corrected chi connectivity index (χ3v) is 5.79. The highest BCUT2D eigenvalue weighted by Gasteiger charge is 2.43. The molecular weight excluding hydrogens is 256 g/mol. The number of benzene rings is 1. The van der Waals surface area contributed by atoms with Crippen LogP contribution in [-0.2, 0) is 12.0 Å². The lowest BCUT2D eigenvalue weighted by Gasteiger charge is -2.50. The van der Waals surface area contributed by atoms with Gasteiger partial charge in [0, 0.05) is 12.6 Å². The van der Waals surface area contributed by atoms with Crippen molar-refractivity contribution in [2.45, 2.75) is 69.9 Å². The summed E-state index contributed by atoms with van der Waals surface area (Å²) in [4.78, 5) is 2.80. The van der Waals surface area contributed by atoms with E-state index in [9.17, 15) is 0 Å². The molecule has 116 valence electrons. The molecule has 1 aliphatic heterocycles. The molecule has 1 aromatic carbocycles. The lowest BCUT2D eigenvalue weighted by atomic mass is 9.74. The molecule has 21 heavy (non-hydrogen) atoms. The first-order valence-corrected chi connectivity index (χ1v) is 8.87. The average molecular weight is 286 g/mol. The number of likely N-dealkylation sites (tertiary alicyclic amines) is 1. The van der Waals surface area contributed by atoms with Gasteiger partial charge in [0.05, 0.1) is 5.54 Å². The molecule has 1 aromatic rings. The second kappa shape index (κ2) is 6.50. The molecule has 3 rings (SSSR count). The highest BCUT2D eigenvalue weighted by atomic mass is 15.2. The van der Waals surface area contributed by atoms with Crippen molar-refractivity contribution >= 4 is 0 Å². The van der Waals surface area contributed by atoms with Gasteiger partial charge in [-0.2, -0.15) is 0 Å². The normalized spacial score (nSPS) is 30.7. The van der Waals surface area contributed by atoms with E-state index in [2.05, 4.69) is 36.1 Å². The van der Waals surface area contributed by atoms with E-state index in [1.54, 1.807) is 0 Å². The molecule has 0 amide bonds. The van der Waals surface area contributed by atoms with Gasteiger partial charge in [-0.25, -0.2) is 0 Å². The first kappa shape index (κ1) is 15.1. The third-order valence-electron chi connectivity index (χ3n) is 5.79. The van der Waals surface area contributed by atoms with E-state index in [1.165, 1.54) is 69.0 Å². The first-order chi connectivity index (χ1) is 10.3. The highest BCUT2D eigenvalue weighted by molar-refractivity contribution is 5.37. The van der Waals surface area contributed by atoms with Gasteiger partial charge in [-0.3, -0.25) is 4.90 Å². The number of nitrogens with two attached hydrogens (primary N) is 1. The predicted octanol–water partition coefficient (Wildman–Crippen LogP) is 3.83. The Balaban J connectivity index is 2.03. The Kier molecular flexibility index (Phi) is 4.66. The molecule has 2 unspecified atom stereocenters. The monoisotopic (exact) mass is 286 g/mol. The van der Waals surface area contributed by atoms with Crippen molar-refractivity contribution in [1.29, 1.82) is 0 Å². The zero-order chi connectivity index (χ0) is 14.7. The van der Waals surface area contributed by atoms with Crippen LogP contribution >= 0.6 is 0 Å². The molecule has 0 saturated carbocycles. The quantitative estimate of drug-likeness (QED) is 0.915. The van der Waals surface area contributed by atoms with Crippen molar-refractivity contribution in [3.05, 3.63) is 35.4 Å². The Labute approximate surface area is 129 Å². The Morgan fingerprint density at radius 2 is 2.05 bits per heavy atom. The number of hydrogen-bond acceptors (Lipinski definition) is 2. The molecule has 2 N–H and O–H groups in total. The first-order valence-electron chi connectivity index (χ1n) is 8.87. The Bertz CT molecular complexity index is 470. The highest BCUT2D eigenvalue weighted by Crippen LogP contribution is 2.42. The third kappa shape index (κ3) is 2.64. The van der Waals surface area contributed by atoms with Crippen molar-refractivity contribution in [1.82, 2.24) is 4.90 Å². The molecule has 1 heterocycles. The van der Waals surface area contributed by atoms with Crippen LogP contribution in [0.3, 0.4) is 0 Å². The Hall–Kier alpha value is -0.860. The number of hydrogen-bond donors (Lipinski definition) is 1. The van der Waals surface area contributed by atoms with Crippen LogP contribution in [-0.4, -0.2) is 24.0 Å². The van der Waals surface area contributed by atoms with E-state index in [0.29, 0.717) is 6.04 Å². The number of rotatable bonds is 3. The molecule has 1 saturated heterocycles. The summed E-state index contributed by atoms with van der Waals surface area (Å²) in [7, 11) is 0. The minimum atomic E-state index is 0.0971. The topological polar surface area (TPSA) is 29.3 Å². The van der Waals surface area contributed by atoms with Crippen molar-refractivity contribution in [2.24, 2.45) is 5.73 Å². The van der Waals surface area contributed by atoms with Crippen molar-refractivity contribution in [2.75, 3.05) is 13.1 Å². The number of nitrogens with zero attached hydrogens (tertiary/aromatic N) is 1. The summed E-state index contributed by atoms with van der Waals surface area (Å²) >= 11 is 0. The van der Waals surface area contributed by atoms with Gasteiger partial charge in [0.25, 0.3) is 0 Å². The molecule has 1 fully saturated rings. The Morgan fingerprint density at radius 1 is 1.19 bits per heavy atom. The summed E-state index contributed by atoms with van der Waals surface area (Å²) in [5.74, 6) is 0. The van der Waals surface area contributed by atoms with E-state index in [0.717, 1.165) is 6.54 Å². The van der Waals surface area contributed by atoms with Crippen LogP contribution in [0.5, 0.6) is 0 Å². The molecular formula is C19H30N2. The van der Waals surface area contributed by atoms with Gasteiger partial charge in [0.1, 0.15) is 0 Å². The lowest BCUT2D eigenvalue weighted by molar-refractivity contribution is 0.0307. The molecule has 2 aliphatic rings.